The molecule has 0 bridgehead atoms. The van der Waals surface area contributed by atoms with Crippen LogP contribution in [0.1, 0.15) is 11.1 Å². The van der Waals surface area contributed by atoms with Crippen LogP contribution in [0, 0.1) is 6.92 Å². The molecule has 0 saturated carbocycles. The Morgan fingerprint density at radius 3 is 2.38 bits per heavy atom. The van der Waals surface area contributed by atoms with Gasteiger partial charge in [-0.25, -0.2) is 4.79 Å². The van der Waals surface area contributed by atoms with Gasteiger partial charge in [-0.2, -0.15) is 8.42 Å². The molecule has 170 valence electrons. The summed E-state index contributed by atoms with van der Waals surface area (Å²) in [5, 5.41) is 9.94. The van der Waals surface area contributed by atoms with Gasteiger partial charge in [-0.1, -0.05) is 29.8 Å². The number of benzene rings is 2. The molecule has 0 amide bonds. The summed E-state index contributed by atoms with van der Waals surface area (Å²) in [6, 6.07) is 13.1. The van der Waals surface area contributed by atoms with Gasteiger partial charge in [0.25, 0.3) is 15.9 Å². The SMILES string of the molecule is Cc1ccc(S(=O)(=O)OCCOc2ccc(COC3=C(O)C(=CCCl)OC3=O)cc2)cc1. The van der Waals surface area contributed by atoms with Crippen molar-refractivity contribution < 1.29 is 36.7 Å². The second-order valence-corrected chi connectivity index (χ2v) is 8.58. The second-order valence-electron chi connectivity index (χ2n) is 6.66. The van der Waals surface area contributed by atoms with Crippen molar-refractivity contribution in [1.82, 2.24) is 0 Å². The third kappa shape index (κ3) is 6.03. The van der Waals surface area contributed by atoms with E-state index in [-0.39, 0.29) is 42.1 Å². The van der Waals surface area contributed by atoms with Crippen LogP contribution in [0.3, 0.4) is 0 Å². The van der Waals surface area contributed by atoms with Crippen molar-refractivity contribution in [1.29, 1.82) is 0 Å². The fourth-order valence-corrected chi connectivity index (χ4v) is 3.69. The Morgan fingerprint density at radius 2 is 1.72 bits per heavy atom. The maximum Gasteiger partial charge on any atom is 0.383 e. The first kappa shape index (κ1) is 23.6. The Labute approximate surface area is 190 Å². The van der Waals surface area contributed by atoms with Crippen LogP contribution in [0.2, 0.25) is 0 Å². The lowest BCUT2D eigenvalue weighted by Gasteiger charge is -2.09. The molecule has 1 aliphatic rings. The third-order valence-corrected chi connectivity index (χ3v) is 5.79. The molecule has 2 aromatic rings. The van der Waals surface area contributed by atoms with Crippen molar-refractivity contribution in [3.05, 3.63) is 83.0 Å². The van der Waals surface area contributed by atoms with Gasteiger partial charge in [0.2, 0.25) is 5.76 Å². The molecule has 32 heavy (non-hydrogen) atoms. The molecular weight excluding hydrogens is 460 g/mol. The molecule has 1 N–H and O–H groups in total. The lowest BCUT2D eigenvalue weighted by molar-refractivity contribution is -0.136. The first-order valence-corrected chi connectivity index (χ1v) is 11.5. The number of ether oxygens (including phenoxy) is 3. The van der Waals surface area contributed by atoms with E-state index >= 15 is 0 Å². The molecule has 0 spiro atoms. The number of carbonyl (C=O) groups is 1. The highest BCUT2D eigenvalue weighted by atomic mass is 35.5. The smallest absolute Gasteiger partial charge is 0.383 e. The van der Waals surface area contributed by atoms with Gasteiger partial charge in [-0.3, -0.25) is 4.18 Å². The number of esters is 1. The molecule has 1 aliphatic heterocycles. The first-order valence-electron chi connectivity index (χ1n) is 9.52. The van der Waals surface area contributed by atoms with E-state index < -0.39 is 21.8 Å². The maximum absolute atomic E-state index is 12.1. The number of carbonyl (C=O) groups excluding carboxylic acids is 1. The second kappa shape index (κ2) is 10.5. The molecule has 3 rings (SSSR count). The fourth-order valence-electron chi connectivity index (χ4n) is 2.65. The molecule has 1 heterocycles. The van der Waals surface area contributed by atoms with Crippen LogP contribution >= 0.6 is 11.6 Å². The summed E-state index contributed by atoms with van der Waals surface area (Å²) in [5.74, 6) is -0.927. The first-order chi connectivity index (χ1) is 15.3. The number of cyclic esters (lactones) is 1. The minimum atomic E-state index is -3.84. The number of aliphatic hydroxyl groups is 1. The lowest BCUT2D eigenvalue weighted by atomic mass is 10.2. The van der Waals surface area contributed by atoms with Gasteiger partial charge in [0.1, 0.15) is 25.6 Å². The molecular formula is C22H21ClO8S. The molecule has 0 unspecified atom stereocenters. The zero-order valence-electron chi connectivity index (χ0n) is 17.1. The van der Waals surface area contributed by atoms with E-state index in [0.29, 0.717) is 11.3 Å². The molecule has 0 atom stereocenters. The van der Waals surface area contributed by atoms with E-state index in [1.165, 1.54) is 18.2 Å². The molecule has 2 aromatic carbocycles. The number of alkyl halides is 1. The molecule has 0 aliphatic carbocycles. The van der Waals surface area contributed by atoms with E-state index in [4.69, 9.17) is 30.0 Å². The number of hydrogen-bond donors (Lipinski definition) is 1. The average molecular weight is 481 g/mol. The Balaban J connectivity index is 1.46. The zero-order valence-corrected chi connectivity index (χ0v) is 18.7. The van der Waals surface area contributed by atoms with Crippen LogP contribution in [0.4, 0.5) is 0 Å². The largest absolute Gasteiger partial charge is 0.501 e. The van der Waals surface area contributed by atoms with Crippen molar-refractivity contribution >= 4 is 27.7 Å². The predicted molar refractivity (Wildman–Crippen MR) is 116 cm³/mol. The standard InChI is InChI=1S/C22H21ClO8S/c1-15-2-8-18(9-3-15)32(26,27)30-13-12-28-17-6-4-16(5-7-17)14-29-21-20(24)19(10-11-23)31-22(21)25/h2-10,24H,11-14H2,1H3. The minimum Gasteiger partial charge on any atom is -0.501 e. The number of hydrogen-bond acceptors (Lipinski definition) is 8. The summed E-state index contributed by atoms with van der Waals surface area (Å²) in [6.07, 6.45) is 1.35. The number of aliphatic hydroxyl groups excluding tert-OH is 1. The summed E-state index contributed by atoms with van der Waals surface area (Å²) in [4.78, 5) is 11.8. The highest BCUT2D eigenvalue weighted by Gasteiger charge is 2.31. The fraction of sp³-hybridized carbons (Fsp3) is 0.227. The van der Waals surface area contributed by atoms with Crippen LogP contribution in [0.15, 0.2) is 76.8 Å². The Kier molecular flexibility index (Phi) is 7.79. The van der Waals surface area contributed by atoms with Gasteiger partial charge < -0.3 is 19.3 Å². The molecule has 0 fully saturated rings. The van der Waals surface area contributed by atoms with Gasteiger partial charge >= 0.3 is 5.97 Å². The molecule has 0 aromatic heterocycles. The molecule has 10 heteroatoms. The normalized spacial score (nSPS) is 15.2. The number of halogens is 1. The van der Waals surface area contributed by atoms with Gasteiger partial charge in [0.15, 0.2) is 5.76 Å². The summed E-state index contributed by atoms with van der Waals surface area (Å²) in [6.45, 7) is 1.77. The Bertz CT molecular complexity index is 1120. The van der Waals surface area contributed by atoms with Gasteiger partial charge in [-0.15, -0.1) is 11.6 Å². The highest BCUT2D eigenvalue weighted by molar-refractivity contribution is 7.86. The summed E-state index contributed by atoms with van der Waals surface area (Å²) >= 11 is 5.54. The maximum atomic E-state index is 12.1. The quantitative estimate of drug-likeness (QED) is 0.237. The molecule has 8 nitrogen and oxygen atoms in total. The minimum absolute atomic E-state index is 0.0147. The Hall–Kier alpha value is -3.01. The van der Waals surface area contributed by atoms with Crippen LogP contribution in [-0.4, -0.2) is 38.6 Å². The van der Waals surface area contributed by atoms with E-state index in [1.807, 2.05) is 6.92 Å². The van der Waals surface area contributed by atoms with Gasteiger partial charge in [0, 0.05) is 5.88 Å². The van der Waals surface area contributed by atoms with Crippen LogP contribution < -0.4 is 4.74 Å². The molecule has 0 saturated heterocycles. The number of allylic oxidation sites excluding steroid dienone is 1. The summed E-state index contributed by atoms with van der Waals surface area (Å²) in [5.41, 5.74) is 1.66. The van der Waals surface area contributed by atoms with Crippen LogP contribution in [-0.2, 0) is 35.2 Å². The van der Waals surface area contributed by atoms with Gasteiger partial charge in [0.05, 0.1) is 4.90 Å². The van der Waals surface area contributed by atoms with Crippen molar-refractivity contribution in [2.75, 3.05) is 19.1 Å². The predicted octanol–water partition coefficient (Wildman–Crippen LogP) is 3.75. The number of aryl methyl sites for hydroxylation is 1. The van der Waals surface area contributed by atoms with Crippen LogP contribution in [0.25, 0.3) is 0 Å². The summed E-state index contributed by atoms with van der Waals surface area (Å²) in [7, 11) is -3.84. The van der Waals surface area contributed by atoms with E-state index in [9.17, 15) is 18.3 Å². The zero-order chi connectivity index (χ0) is 23.1. The average Bonchev–Trinajstić information content (AvgIpc) is 3.04. The van der Waals surface area contributed by atoms with Crippen molar-refractivity contribution in [2.45, 2.75) is 18.4 Å². The summed E-state index contributed by atoms with van der Waals surface area (Å²) < 4.78 is 44.9. The van der Waals surface area contributed by atoms with Crippen molar-refractivity contribution in [3.63, 3.8) is 0 Å². The van der Waals surface area contributed by atoms with Crippen molar-refractivity contribution in [3.8, 4) is 5.75 Å². The highest BCUT2D eigenvalue weighted by Crippen LogP contribution is 2.26. The Morgan fingerprint density at radius 1 is 1.03 bits per heavy atom. The van der Waals surface area contributed by atoms with E-state index in [1.54, 1.807) is 36.4 Å². The van der Waals surface area contributed by atoms with Gasteiger partial charge in [-0.05, 0) is 42.8 Å². The van der Waals surface area contributed by atoms with E-state index in [0.717, 1.165) is 5.56 Å². The van der Waals surface area contributed by atoms with E-state index in [2.05, 4.69) is 0 Å². The number of rotatable bonds is 10. The molecule has 0 radical (unpaired) electrons. The lowest BCUT2D eigenvalue weighted by Crippen LogP contribution is -2.13. The monoisotopic (exact) mass is 480 g/mol. The third-order valence-electron chi connectivity index (χ3n) is 4.31. The van der Waals surface area contributed by atoms with Crippen LogP contribution in [0.5, 0.6) is 5.75 Å². The van der Waals surface area contributed by atoms with Crippen molar-refractivity contribution in [2.24, 2.45) is 0 Å². The topological polar surface area (TPSA) is 108 Å².